The van der Waals surface area contributed by atoms with Gasteiger partial charge in [0.05, 0.1) is 11.1 Å². The molecule has 3 nitrogen and oxygen atoms in total. The van der Waals surface area contributed by atoms with E-state index in [4.69, 9.17) is 0 Å². The second-order valence-corrected chi connectivity index (χ2v) is 4.73. The minimum atomic E-state index is -0.377. The Morgan fingerprint density at radius 3 is 2.42 bits per heavy atom. The van der Waals surface area contributed by atoms with Crippen LogP contribution in [0, 0.1) is 26.0 Å². The van der Waals surface area contributed by atoms with Gasteiger partial charge in [-0.3, -0.25) is 9.59 Å². The first-order valence-corrected chi connectivity index (χ1v) is 5.86. The molecule has 0 radical (unpaired) electrons. The first-order valence-electron chi connectivity index (χ1n) is 5.86. The lowest BCUT2D eigenvalue weighted by atomic mass is 9.83. The first kappa shape index (κ1) is 11.5. The van der Waals surface area contributed by atoms with Gasteiger partial charge < -0.3 is 5.11 Å². The van der Waals surface area contributed by atoms with Crippen LogP contribution >= 0.6 is 0 Å². The van der Waals surface area contributed by atoms with E-state index in [-0.39, 0.29) is 34.0 Å². The zero-order valence-corrected chi connectivity index (χ0v) is 10.5. The highest BCUT2D eigenvalue weighted by Crippen LogP contribution is 2.33. The number of aromatic hydroxyl groups is 1. The van der Waals surface area contributed by atoms with Crippen LogP contribution in [-0.4, -0.2) is 16.7 Å². The van der Waals surface area contributed by atoms with E-state index in [0.717, 1.165) is 11.1 Å². The van der Waals surface area contributed by atoms with Crippen molar-refractivity contribution in [2.45, 2.75) is 13.8 Å². The molecular weight excluding hydrogens is 240 g/mol. The summed E-state index contributed by atoms with van der Waals surface area (Å²) in [5, 5.41) is 9.91. The zero-order chi connectivity index (χ0) is 13.7. The fourth-order valence-corrected chi connectivity index (χ4v) is 2.37. The lowest BCUT2D eigenvalue weighted by Gasteiger charge is -2.17. The van der Waals surface area contributed by atoms with Gasteiger partial charge in [0, 0.05) is 16.7 Å². The number of rotatable bonds is 0. The van der Waals surface area contributed by atoms with Gasteiger partial charge in [0.2, 0.25) is 5.78 Å². The van der Waals surface area contributed by atoms with Crippen LogP contribution in [0.3, 0.4) is 0 Å². The quantitative estimate of drug-likeness (QED) is 0.666. The van der Waals surface area contributed by atoms with Crippen LogP contribution in [0.2, 0.25) is 0 Å². The number of hydrogen-bond acceptors (Lipinski definition) is 3. The fraction of sp³-hybridized carbons (Fsp3) is 0.125. The average molecular weight is 250 g/mol. The second kappa shape index (κ2) is 3.69. The highest BCUT2D eigenvalue weighted by Gasteiger charge is 2.32. The fourth-order valence-electron chi connectivity index (χ4n) is 2.37. The van der Waals surface area contributed by atoms with Gasteiger partial charge in [0.25, 0.3) is 0 Å². The van der Waals surface area contributed by atoms with Gasteiger partial charge in [0.1, 0.15) is 5.75 Å². The highest BCUT2D eigenvalue weighted by molar-refractivity contribution is 6.29. The molecule has 2 aromatic rings. The number of benzene rings is 1. The molecule has 0 saturated carbocycles. The Labute approximate surface area is 110 Å². The molecule has 0 amide bonds. The van der Waals surface area contributed by atoms with Crippen molar-refractivity contribution in [1.29, 1.82) is 0 Å². The molecule has 0 bridgehead atoms. The SMILES string of the molecule is Cc1c#cc2c(c1)C(=O)c1cc(C)cc(O)c1C2=O. The maximum Gasteiger partial charge on any atom is 0.206 e. The summed E-state index contributed by atoms with van der Waals surface area (Å²) in [6, 6.07) is 10.2. The number of phenolic OH excluding ortho intramolecular Hbond substituents is 1. The number of carbonyl (C=O) groups is 2. The Hall–Kier alpha value is -2.60. The van der Waals surface area contributed by atoms with Gasteiger partial charge in [-0.1, -0.05) is 12.1 Å². The maximum atomic E-state index is 12.4. The molecule has 0 spiro atoms. The highest BCUT2D eigenvalue weighted by atomic mass is 16.3. The van der Waals surface area contributed by atoms with Crippen LogP contribution < -0.4 is 0 Å². The van der Waals surface area contributed by atoms with Gasteiger partial charge in [-0.25, -0.2) is 0 Å². The maximum absolute atomic E-state index is 12.4. The Kier molecular flexibility index (Phi) is 2.23. The predicted octanol–water partition coefficient (Wildman–Crippen LogP) is 2.38. The van der Waals surface area contributed by atoms with E-state index < -0.39 is 0 Å². The van der Waals surface area contributed by atoms with Crippen LogP contribution in [0.1, 0.15) is 43.0 Å². The number of fused-ring (bicyclic) bond motifs is 2. The van der Waals surface area contributed by atoms with Crippen LogP contribution in [0.25, 0.3) is 0 Å². The number of aryl methyl sites for hydroxylation is 2. The van der Waals surface area contributed by atoms with Gasteiger partial charge >= 0.3 is 0 Å². The largest absolute Gasteiger partial charge is 0.507 e. The summed E-state index contributed by atoms with van der Waals surface area (Å²) < 4.78 is 0. The molecule has 0 fully saturated rings. The number of ketones is 2. The smallest absolute Gasteiger partial charge is 0.206 e. The monoisotopic (exact) mass is 250 g/mol. The van der Waals surface area contributed by atoms with E-state index in [9.17, 15) is 14.7 Å². The Bertz CT molecular complexity index is 742. The molecule has 3 heteroatoms. The summed E-state index contributed by atoms with van der Waals surface area (Å²) in [7, 11) is 0. The summed E-state index contributed by atoms with van der Waals surface area (Å²) in [4.78, 5) is 24.7. The van der Waals surface area contributed by atoms with Crippen molar-refractivity contribution in [1.82, 2.24) is 0 Å². The topological polar surface area (TPSA) is 54.4 Å². The number of carbonyl (C=O) groups excluding carboxylic acids is 2. The number of phenols is 1. The third-order valence-corrected chi connectivity index (χ3v) is 3.22. The lowest BCUT2D eigenvalue weighted by molar-refractivity contribution is 0.0976. The summed E-state index contributed by atoms with van der Waals surface area (Å²) >= 11 is 0. The van der Waals surface area contributed by atoms with E-state index >= 15 is 0 Å². The number of hydrogen-bond donors (Lipinski definition) is 1. The van der Waals surface area contributed by atoms with Gasteiger partial charge in [0.15, 0.2) is 5.78 Å². The van der Waals surface area contributed by atoms with Crippen LogP contribution in [0.15, 0.2) is 18.2 Å². The molecule has 19 heavy (non-hydrogen) atoms. The molecule has 2 aromatic carbocycles. The lowest BCUT2D eigenvalue weighted by Crippen LogP contribution is -2.21. The summed E-state index contributed by atoms with van der Waals surface area (Å²) in [6.45, 7) is 3.56. The Morgan fingerprint density at radius 2 is 1.68 bits per heavy atom. The van der Waals surface area contributed by atoms with Crippen LogP contribution in [-0.2, 0) is 0 Å². The summed E-state index contributed by atoms with van der Waals surface area (Å²) in [5.41, 5.74) is 2.33. The van der Waals surface area contributed by atoms with Gasteiger partial charge in [-0.05, 0) is 37.6 Å². The van der Waals surface area contributed by atoms with Crippen molar-refractivity contribution >= 4 is 11.6 Å². The van der Waals surface area contributed by atoms with E-state index in [2.05, 4.69) is 12.1 Å². The Balaban J connectivity index is 2.36. The molecule has 3 rings (SSSR count). The van der Waals surface area contributed by atoms with Crippen molar-refractivity contribution in [2.75, 3.05) is 0 Å². The standard InChI is InChI=1S/C16H10O3/c1-8-3-4-10-11(5-8)15(18)12-6-9(2)7-13(17)14(12)16(10)19/h5-7,17H,1-2H3. The molecule has 1 aliphatic rings. The predicted molar refractivity (Wildman–Crippen MR) is 68.6 cm³/mol. The van der Waals surface area contributed by atoms with Crippen molar-refractivity contribution in [2.24, 2.45) is 0 Å². The molecule has 0 saturated heterocycles. The molecule has 0 unspecified atom stereocenters. The third-order valence-electron chi connectivity index (χ3n) is 3.22. The molecular formula is C16H10O3. The Morgan fingerprint density at radius 1 is 0.947 bits per heavy atom. The molecule has 0 aliphatic heterocycles. The molecule has 0 heterocycles. The van der Waals surface area contributed by atoms with Gasteiger partial charge in [-0.2, -0.15) is 0 Å². The van der Waals surface area contributed by atoms with Crippen molar-refractivity contribution < 1.29 is 14.7 Å². The second-order valence-electron chi connectivity index (χ2n) is 4.73. The molecule has 92 valence electrons. The first-order chi connectivity index (χ1) is 8.99. The van der Waals surface area contributed by atoms with E-state index in [1.165, 1.54) is 6.07 Å². The van der Waals surface area contributed by atoms with E-state index in [0.29, 0.717) is 5.56 Å². The molecule has 1 N–H and O–H groups in total. The molecule has 0 atom stereocenters. The summed E-state index contributed by atoms with van der Waals surface area (Å²) in [6.07, 6.45) is 0. The molecule has 1 aliphatic carbocycles. The minimum absolute atomic E-state index is 0.0663. The third kappa shape index (κ3) is 1.54. The van der Waals surface area contributed by atoms with Crippen molar-refractivity contribution in [3.63, 3.8) is 0 Å². The van der Waals surface area contributed by atoms with Crippen molar-refractivity contribution in [3.8, 4) is 5.75 Å². The van der Waals surface area contributed by atoms with E-state index in [1.807, 2.05) is 0 Å². The van der Waals surface area contributed by atoms with E-state index in [1.54, 1.807) is 26.0 Å². The average Bonchev–Trinajstić information content (AvgIpc) is 2.35. The van der Waals surface area contributed by atoms with Gasteiger partial charge in [-0.15, -0.1) is 0 Å². The molecule has 0 aromatic heterocycles. The van der Waals surface area contributed by atoms with Crippen molar-refractivity contribution in [3.05, 3.63) is 63.7 Å². The summed E-state index contributed by atoms with van der Waals surface area (Å²) in [5.74, 6) is -0.789. The minimum Gasteiger partial charge on any atom is -0.507 e. The van der Waals surface area contributed by atoms with Crippen LogP contribution in [0.4, 0.5) is 0 Å². The zero-order valence-electron chi connectivity index (χ0n) is 10.5. The van der Waals surface area contributed by atoms with Crippen LogP contribution in [0.5, 0.6) is 5.75 Å². The normalized spacial score (nSPS) is 12.7.